The third-order valence-electron chi connectivity index (χ3n) is 3.00. The van der Waals surface area contributed by atoms with Gasteiger partial charge in [-0.05, 0) is 19.1 Å². The summed E-state index contributed by atoms with van der Waals surface area (Å²) >= 11 is 1.61. The second-order valence-electron chi connectivity index (χ2n) is 4.69. The van der Waals surface area contributed by atoms with Crippen LogP contribution in [0.25, 0.3) is 11.3 Å². The summed E-state index contributed by atoms with van der Waals surface area (Å²) in [5.74, 6) is -0.172. The predicted octanol–water partition coefficient (Wildman–Crippen LogP) is 3.10. The van der Waals surface area contributed by atoms with Crippen LogP contribution in [0, 0.1) is 6.92 Å². The average Bonchev–Trinajstić information content (AvgIpc) is 3.08. The topological polar surface area (TPSA) is 59.8 Å². The SMILES string of the molecule is Cc1nc(-c2cccc(NC(=O)c3cnn(C)c3)c2)cs1. The summed E-state index contributed by atoms with van der Waals surface area (Å²) in [4.78, 5) is 16.6. The van der Waals surface area contributed by atoms with E-state index >= 15 is 0 Å². The van der Waals surface area contributed by atoms with Crippen molar-refractivity contribution in [1.82, 2.24) is 14.8 Å². The lowest BCUT2D eigenvalue weighted by molar-refractivity contribution is 0.102. The second kappa shape index (κ2) is 5.49. The number of anilines is 1. The molecule has 106 valence electrons. The largest absolute Gasteiger partial charge is 0.322 e. The van der Waals surface area contributed by atoms with Crippen molar-refractivity contribution in [1.29, 1.82) is 0 Å². The van der Waals surface area contributed by atoms with Gasteiger partial charge in [-0.2, -0.15) is 5.10 Å². The second-order valence-corrected chi connectivity index (χ2v) is 5.75. The van der Waals surface area contributed by atoms with Crippen LogP contribution in [0.5, 0.6) is 0 Å². The van der Waals surface area contributed by atoms with Crippen LogP contribution in [0.15, 0.2) is 42.0 Å². The Labute approximate surface area is 126 Å². The smallest absolute Gasteiger partial charge is 0.258 e. The zero-order valence-corrected chi connectivity index (χ0v) is 12.5. The van der Waals surface area contributed by atoms with E-state index in [1.165, 1.54) is 0 Å². The Bertz CT molecular complexity index is 790. The van der Waals surface area contributed by atoms with Crippen LogP contribution in [0.1, 0.15) is 15.4 Å². The van der Waals surface area contributed by atoms with Gasteiger partial charge in [-0.1, -0.05) is 12.1 Å². The summed E-state index contributed by atoms with van der Waals surface area (Å²) in [7, 11) is 1.78. The van der Waals surface area contributed by atoms with E-state index in [0.29, 0.717) is 5.56 Å². The molecule has 5 nitrogen and oxygen atoms in total. The lowest BCUT2D eigenvalue weighted by Crippen LogP contribution is -2.11. The average molecular weight is 298 g/mol. The van der Waals surface area contributed by atoms with Gasteiger partial charge in [0.2, 0.25) is 0 Å². The van der Waals surface area contributed by atoms with Crippen molar-refractivity contribution in [3.8, 4) is 11.3 Å². The van der Waals surface area contributed by atoms with Crippen molar-refractivity contribution in [2.45, 2.75) is 6.92 Å². The van der Waals surface area contributed by atoms with Gasteiger partial charge in [0, 0.05) is 29.9 Å². The van der Waals surface area contributed by atoms with Crippen molar-refractivity contribution in [3.05, 3.63) is 52.6 Å². The predicted molar refractivity (Wildman–Crippen MR) is 83.4 cm³/mol. The Morgan fingerprint density at radius 2 is 2.24 bits per heavy atom. The van der Waals surface area contributed by atoms with E-state index in [0.717, 1.165) is 22.0 Å². The van der Waals surface area contributed by atoms with Gasteiger partial charge in [0.25, 0.3) is 5.91 Å². The number of thiazole rings is 1. The number of nitrogens with zero attached hydrogens (tertiary/aromatic N) is 3. The number of rotatable bonds is 3. The Morgan fingerprint density at radius 3 is 2.90 bits per heavy atom. The zero-order chi connectivity index (χ0) is 14.8. The number of aryl methyl sites for hydroxylation is 2. The van der Waals surface area contributed by atoms with Crippen LogP contribution in [0.2, 0.25) is 0 Å². The summed E-state index contributed by atoms with van der Waals surface area (Å²) in [6.45, 7) is 1.97. The fraction of sp³-hybridized carbons (Fsp3) is 0.133. The number of hydrogen-bond acceptors (Lipinski definition) is 4. The van der Waals surface area contributed by atoms with Gasteiger partial charge in [0.05, 0.1) is 22.5 Å². The highest BCUT2D eigenvalue weighted by Crippen LogP contribution is 2.24. The van der Waals surface area contributed by atoms with Crippen LogP contribution in [0.3, 0.4) is 0 Å². The third-order valence-corrected chi connectivity index (χ3v) is 3.78. The van der Waals surface area contributed by atoms with Crippen molar-refractivity contribution >= 4 is 22.9 Å². The summed E-state index contributed by atoms with van der Waals surface area (Å²) in [6, 6.07) is 7.66. The first-order chi connectivity index (χ1) is 10.1. The third kappa shape index (κ3) is 3.00. The van der Waals surface area contributed by atoms with E-state index in [1.54, 1.807) is 35.5 Å². The molecule has 0 spiro atoms. The molecule has 6 heteroatoms. The Hall–Kier alpha value is -2.47. The van der Waals surface area contributed by atoms with Crippen LogP contribution in [0.4, 0.5) is 5.69 Å². The summed E-state index contributed by atoms with van der Waals surface area (Å²) in [5.41, 5.74) is 3.19. The minimum absolute atomic E-state index is 0.172. The van der Waals surface area contributed by atoms with E-state index in [1.807, 2.05) is 36.6 Å². The van der Waals surface area contributed by atoms with E-state index in [4.69, 9.17) is 0 Å². The van der Waals surface area contributed by atoms with Crippen LogP contribution in [-0.2, 0) is 7.05 Å². The molecule has 0 aliphatic heterocycles. The molecule has 3 aromatic rings. The van der Waals surface area contributed by atoms with Gasteiger partial charge < -0.3 is 5.32 Å². The molecule has 1 aromatic carbocycles. The minimum atomic E-state index is -0.172. The summed E-state index contributed by atoms with van der Waals surface area (Å²) in [6.07, 6.45) is 3.23. The maximum absolute atomic E-state index is 12.1. The van der Waals surface area contributed by atoms with Crippen LogP contribution >= 0.6 is 11.3 Å². The van der Waals surface area contributed by atoms with Crippen molar-refractivity contribution in [2.24, 2.45) is 7.05 Å². The van der Waals surface area contributed by atoms with E-state index in [2.05, 4.69) is 15.4 Å². The Balaban J connectivity index is 1.82. The maximum atomic E-state index is 12.1. The number of hydrogen-bond donors (Lipinski definition) is 1. The standard InChI is InChI=1S/C15H14N4OS/c1-10-17-14(9-21-10)11-4-3-5-13(6-11)18-15(20)12-7-16-19(2)8-12/h3-9H,1-2H3,(H,18,20). The first-order valence-corrected chi connectivity index (χ1v) is 7.32. The van der Waals surface area contributed by atoms with Gasteiger partial charge in [-0.15, -0.1) is 11.3 Å². The quantitative estimate of drug-likeness (QED) is 0.808. The molecule has 0 aliphatic carbocycles. The molecular weight excluding hydrogens is 284 g/mol. The molecule has 2 heterocycles. The fourth-order valence-corrected chi connectivity index (χ4v) is 2.62. The molecule has 0 bridgehead atoms. The number of carbonyl (C=O) groups excluding carboxylic acids is 1. The molecule has 0 saturated carbocycles. The lowest BCUT2D eigenvalue weighted by atomic mass is 10.1. The molecule has 21 heavy (non-hydrogen) atoms. The lowest BCUT2D eigenvalue weighted by Gasteiger charge is -2.05. The molecule has 0 aliphatic rings. The highest BCUT2D eigenvalue weighted by molar-refractivity contribution is 7.09. The number of amides is 1. The molecule has 0 saturated heterocycles. The maximum Gasteiger partial charge on any atom is 0.258 e. The number of aromatic nitrogens is 3. The molecule has 2 aromatic heterocycles. The van der Waals surface area contributed by atoms with Crippen LogP contribution < -0.4 is 5.32 Å². The fourth-order valence-electron chi connectivity index (χ4n) is 1.99. The van der Waals surface area contributed by atoms with E-state index in [9.17, 15) is 4.79 Å². The first kappa shape index (κ1) is 13.5. The minimum Gasteiger partial charge on any atom is -0.322 e. The Morgan fingerprint density at radius 1 is 1.38 bits per heavy atom. The molecule has 1 N–H and O–H groups in total. The first-order valence-electron chi connectivity index (χ1n) is 6.44. The van der Waals surface area contributed by atoms with Gasteiger partial charge in [0.15, 0.2) is 0 Å². The zero-order valence-electron chi connectivity index (χ0n) is 11.7. The molecule has 0 unspecified atom stereocenters. The van der Waals surface area contributed by atoms with Crippen molar-refractivity contribution in [3.63, 3.8) is 0 Å². The molecule has 3 rings (SSSR count). The summed E-state index contributed by atoms with van der Waals surface area (Å²) < 4.78 is 1.60. The molecular formula is C15H14N4OS. The number of benzene rings is 1. The van der Waals surface area contributed by atoms with Crippen LogP contribution in [-0.4, -0.2) is 20.7 Å². The molecule has 0 fully saturated rings. The van der Waals surface area contributed by atoms with Gasteiger partial charge in [-0.3, -0.25) is 9.48 Å². The monoisotopic (exact) mass is 298 g/mol. The highest BCUT2D eigenvalue weighted by atomic mass is 32.1. The van der Waals surface area contributed by atoms with Gasteiger partial charge in [0.1, 0.15) is 0 Å². The number of nitrogens with one attached hydrogen (secondary N) is 1. The van der Waals surface area contributed by atoms with Gasteiger partial charge >= 0.3 is 0 Å². The number of carbonyl (C=O) groups is 1. The van der Waals surface area contributed by atoms with Crippen molar-refractivity contribution in [2.75, 3.05) is 5.32 Å². The van der Waals surface area contributed by atoms with E-state index < -0.39 is 0 Å². The summed E-state index contributed by atoms with van der Waals surface area (Å²) in [5, 5.41) is 9.90. The normalized spacial score (nSPS) is 10.6. The van der Waals surface area contributed by atoms with Crippen molar-refractivity contribution < 1.29 is 4.79 Å². The molecule has 0 atom stereocenters. The molecule has 0 radical (unpaired) electrons. The highest BCUT2D eigenvalue weighted by Gasteiger charge is 2.09. The van der Waals surface area contributed by atoms with E-state index in [-0.39, 0.29) is 5.91 Å². The molecule has 1 amide bonds. The Kier molecular flexibility index (Phi) is 3.53. The van der Waals surface area contributed by atoms with Gasteiger partial charge in [-0.25, -0.2) is 4.98 Å².